The maximum Gasteiger partial charge on any atom is 0.411 e. The predicted molar refractivity (Wildman–Crippen MR) is 127 cm³/mol. The van der Waals surface area contributed by atoms with Crippen LogP contribution in [-0.4, -0.2) is 54.7 Å². The molecule has 1 aliphatic carbocycles. The van der Waals surface area contributed by atoms with Gasteiger partial charge in [0.2, 0.25) is 5.91 Å². The normalized spacial score (nSPS) is 18.1. The lowest BCUT2D eigenvalue weighted by Gasteiger charge is -2.48. The molecule has 0 unspecified atom stereocenters. The number of methoxy groups -OCH3 is 1. The number of benzene rings is 1. The molecule has 34 heavy (non-hydrogen) atoms. The van der Waals surface area contributed by atoms with Crippen molar-refractivity contribution in [2.45, 2.75) is 26.7 Å². The summed E-state index contributed by atoms with van der Waals surface area (Å²) in [7, 11) is 1.61. The lowest BCUT2D eigenvalue weighted by molar-refractivity contribution is -0.143. The number of aryl methyl sites for hydroxylation is 1. The number of nitrogens with one attached hydrogen (secondary N) is 1. The zero-order valence-electron chi connectivity index (χ0n) is 19.7. The Morgan fingerprint density at radius 3 is 2.44 bits per heavy atom. The quantitative estimate of drug-likeness (QED) is 0.562. The summed E-state index contributed by atoms with van der Waals surface area (Å²) in [4.78, 5) is 38.2. The number of nitrogens with zero attached hydrogens (tertiary/aromatic N) is 1. The monoisotopic (exact) mass is 466 g/mol. The molecule has 1 aliphatic heterocycles. The Morgan fingerprint density at radius 2 is 1.88 bits per heavy atom. The Kier molecular flexibility index (Phi) is 7.94. The van der Waals surface area contributed by atoms with E-state index in [1.54, 1.807) is 19.2 Å². The van der Waals surface area contributed by atoms with Gasteiger partial charge in [-0.15, -0.1) is 0 Å². The van der Waals surface area contributed by atoms with Crippen LogP contribution in [0.25, 0.3) is 0 Å². The molecule has 1 saturated heterocycles. The summed E-state index contributed by atoms with van der Waals surface area (Å²) in [6.45, 7) is 3.98. The number of hydrogen-bond donors (Lipinski definition) is 2. The van der Waals surface area contributed by atoms with E-state index < -0.39 is 17.4 Å². The zero-order valence-corrected chi connectivity index (χ0v) is 19.7. The van der Waals surface area contributed by atoms with E-state index in [-0.39, 0.29) is 25.6 Å². The van der Waals surface area contributed by atoms with Crippen LogP contribution in [-0.2, 0) is 14.3 Å². The molecule has 180 valence electrons. The second-order valence-electron chi connectivity index (χ2n) is 8.44. The number of likely N-dealkylation sites (tertiary alicyclic amines) is 1. The number of carbonyl (C=O) groups excluding carboxylic acids is 2. The van der Waals surface area contributed by atoms with Crippen molar-refractivity contribution in [3.05, 3.63) is 82.9 Å². The van der Waals surface area contributed by atoms with E-state index in [4.69, 9.17) is 14.6 Å². The first-order valence-corrected chi connectivity index (χ1v) is 11.1. The van der Waals surface area contributed by atoms with Gasteiger partial charge in [0.25, 0.3) is 5.91 Å². The first-order valence-electron chi connectivity index (χ1n) is 11.1. The highest BCUT2D eigenvalue weighted by atomic mass is 16.5. The van der Waals surface area contributed by atoms with Crippen LogP contribution in [0, 0.1) is 12.3 Å². The molecule has 0 atom stereocenters. The molecule has 8 heteroatoms. The minimum Gasteiger partial charge on any atom is -0.497 e. The minimum atomic E-state index is -1.44. The van der Waals surface area contributed by atoms with Crippen molar-refractivity contribution in [3.63, 3.8) is 0 Å². The Labute approximate surface area is 199 Å². The van der Waals surface area contributed by atoms with Crippen molar-refractivity contribution < 1.29 is 29.0 Å². The number of imide groups is 1. The van der Waals surface area contributed by atoms with Crippen LogP contribution < -0.4 is 5.32 Å². The summed E-state index contributed by atoms with van der Waals surface area (Å²) < 4.78 is 11.2. The van der Waals surface area contributed by atoms with Gasteiger partial charge in [-0.25, -0.2) is 4.79 Å². The molecule has 1 aromatic carbocycles. The molecule has 1 fully saturated rings. The van der Waals surface area contributed by atoms with Gasteiger partial charge in [-0.1, -0.05) is 30.7 Å². The average Bonchev–Trinajstić information content (AvgIpc) is 2.78. The van der Waals surface area contributed by atoms with Crippen molar-refractivity contribution in [2.24, 2.45) is 5.41 Å². The third kappa shape index (κ3) is 5.95. The number of carboxylic acid groups (broad SMARTS) is 1. The number of hydrogen-bond acceptors (Lipinski definition) is 5. The highest BCUT2D eigenvalue weighted by molar-refractivity contribution is 5.99. The molecule has 0 radical (unpaired) electrons. The highest BCUT2D eigenvalue weighted by Crippen LogP contribution is 2.34. The topological polar surface area (TPSA) is 105 Å². The standard InChI is InChI=1S/C26H30N2O6/c1-4-5-22(14-19-8-12-21(33-3)13-9-19)34-17-26(24(30)27-25(31)32)15-28(16-26)23(29)20-10-6-18(2)7-11-20/h5-8,10-14H,4,9,15-17H2,1-3H3,(H,27,30)(H,31,32)/b19-14-,22-5+. The van der Waals surface area contributed by atoms with Gasteiger partial charge < -0.3 is 19.5 Å². The van der Waals surface area contributed by atoms with Crippen LogP contribution in [0.3, 0.4) is 0 Å². The Bertz CT molecular complexity index is 1060. The molecule has 0 aromatic heterocycles. The van der Waals surface area contributed by atoms with Gasteiger partial charge in [-0.3, -0.25) is 14.9 Å². The van der Waals surface area contributed by atoms with Crippen molar-refractivity contribution in [3.8, 4) is 0 Å². The first kappa shape index (κ1) is 24.8. The molecular formula is C26H30N2O6. The van der Waals surface area contributed by atoms with Gasteiger partial charge in [-0.05, 0) is 61.8 Å². The minimum absolute atomic E-state index is 0.0533. The van der Waals surface area contributed by atoms with E-state index in [1.165, 1.54) is 4.90 Å². The summed E-state index contributed by atoms with van der Waals surface area (Å²) in [6.07, 6.45) is 9.49. The maximum absolute atomic E-state index is 12.8. The maximum atomic E-state index is 12.8. The fourth-order valence-corrected chi connectivity index (χ4v) is 3.80. The van der Waals surface area contributed by atoms with Gasteiger partial charge >= 0.3 is 6.09 Å². The Balaban J connectivity index is 1.72. The summed E-state index contributed by atoms with van der Waals surface area (Å²) >= 11 is 0. The molecule has 8 nitrogen and oxygen atoms in total. The molecule has 1 heterocycles. The molecule has 0 bridgehead atoms. The Morgan fingerprint density at radius 1 is 1.18 bits per heavy atom. The van der Waals surface area contributed by atoms with Gasteiger partial charge in [0.1, 0.15) is 23.5 Å². The molecule has 2 aliphatic rings. The second-order valence-corrected chi connectivity index (χ2v) is 8.44. The van der Waals surface area contributed by atoms with E-state index in [1.807, 2.05) is 61.7 Å². The van der Waals surface area contributed by atoms with Gasteiger partial charge in [0.15, 0.2) is 0 Å². The van der Waals surface area contributed by atoms with Crippen LogP contribution in [0.2, 0.25) is 0 Å². The summed E-state index contributed by atoms with van der Waals surface area (Å²) in [6, 6.07) is 7.17. The van der Waals surface area contributed by atoms with Gasteiger partial charge in [0.05, 0.1) is 7.11 Å². The van der Waals surface area contributed by atoms with Crippen molar-refractivity contribution in [2.75, 3.05) is 26.8 Å². The number of allylic oxidation sites excluding steroid dienone is 6. The van der Waals surface area contributed by atoms with Crippen molar-refractivity contribution >= 4 is 17.9 Å². The molecule has 3 rings (SSSR count). The molecule has 2 N–H and O–H groups in total. The largest absolute Gasteiger partial charge is 0.497 e. The summed E-state index contributed by atoms with van der Waals surface area (Å²) in [5.74, 6) is 0.485. The molecule has 0 saturated carbocycles. The summed E-state index contributed by atoms with van der Waals surface area (Å²) in [5, 5.41) is 11.0. The van der Waals surface area contributed by atoms with E-state index in [0.29, 0.717) is 24.2 Å². The van der Waals surface area contributed by atoms with E-state index in [2.05, 4.69) is 0 Å². The van der Waals surface area contributed by atoms with Crippen LogP contribution in [0.5, 0.6) is 0 Å². The second kappa shape index (κ2) is 10.9. The lowest BCUT2D eigenvalue weighted by Crippen LogP contribution is -2.67. The zero-order chi connectivity index (χ0) is 24.7. The van der Waals surface area contributed by atoms with Crippen LogP contribution in [0.4, 0.5) is 4.79 Å². The predicted octanol–water partition coefficient (Wildman–Crippen LogP) is 3.96. The van der Waals surface area contributed by atoms with E-state index >= 15 is 0 Å². The Hall–Kier alpha value is -3.81. The smallest absolute Gasteiger partial charge is 0.411 e. The van der Waals surface area contributed by atoms with Crippen molar-refractivity contribution in [1.82, 2.24) is 10.2 Å². The number of carbonyl (C=O) groups is 3. The van der Waals surface area contributed by atoms with E-state index in [0.717, 1.165) is 16.9 Å². The lowest BCUT2D eigenvalue weighted by atomic mass is 9.79. The fraction of sp³-hybridized carbons (Fsp3) is 0.346. The SMILES string of the molecule is CC/C=C(\C=C1\C=CC(OC)=CC1)OCC1(C(=O)NC(=O)O)CN(C(=O)c2ccc(C)cc2)C1. The fourth-order valence-electron chi connectivity index (χ4n) is 3.80. The van der Waals surface area contributed by atoms with Gasteiger partial charge in [0, 0.05) is 18.7 Å². The number of ether oxygens (including phenoxy) is 2. The molecular weight excluding hydrogens is 436 g/mol. The third-order valence-electron chi connectivity index (χ3n) is 5.76. The molecule has 1 aromatic rings. The summed E-state index contributed by atoms with van der Waals surface area (Å²) in [5.41, 5.74) is 1.40. The average molecular weight is 467 g/mol. The third-order valence-corrected chi connectivity index (χ3v) is 5.76. The van der Waals surface area contributed by atoms with Crippen LogP contribution in [0.1, 0.15) is 35.7 Å². The number of rotatable bonds is 8. The first-order chi connectivity index (χ1) is 16.3. The van der Waals surface area contributed by atoms with Crippen molar-refractivity contribution in [1.29, 1.82) is 0 Å². The number of amides is 3. The van der Waals surface area contributed by atoms with Crippen LogP contribution >= 0.6 is 0 Å². The van der Waals surface area contributed by atoms with Crippen LogP contribution in [0.15, 0.2) is 71.7 Å². The van der Waals surface area contributed by atoms with Gasteiger partial charge in [-0.2, -0.15) is 0 Å². The molecule has 3 amide bonds. The highest BCUT2D eigenvalue weighted by Gasteiger charge is 2.52. The molecule has 0 spiro atoms. The van der Waals surface area contributed by atoms with E-state index in [9.17, 15) is 14.4 Å².